The Morgan fingerprint density at radius 3 is 2.76 bits per heavy atom. The number of nitrogens with two attached hydrogens (primary N) is 1. The van der Waals surface area contributed by atoms with E-state index in [-0.39, 0.29) is 6.61 Å². The van der Waals surface area contributed by atoms with Crippen molar-refractivity contribution in [3.05, 3.63) is 0 Å². The summed E-state index contributed by atoms with van der Waals surface area (Å²) in [6, 6.07) is 0. The van der Waals surface area contributed by atoms with Crippen molar-refractivity contribution in [2.45, 2.75) is 43.7 Å². The maximum atomic E-state index is 11.3. The Morgan fingerprint density at radius 1 is 1.38 bits per heavy atom. The highest BCUT2D eigenvalue weighted by Crippen LogP contribution is 2.45. The molecule has 0 aromatic heterocycles. The molecule has 21 heavy (non-hydrogen) atoms. The Morgan fingerprint density at radius 2 is 2.10 bits per heavy atom. The standard InChI is InChI=1S/C9H15NO9S2/c1-8(2)16-7-6-5(17-20(11)18-6)3-14-9(7,19-8)4-15-21(10,12)13/h5-7H,3-4H2,1-2H3,(H2,10,12,13)/t5-,6-,7+,9+,20+/m1/s1. The van der Waals surface area contributed by atoms with Crippen LogP contribution in [0.1, 0.15) is 13.8 Å². The van der Waals surface area contributed by atoms with Crippen LogP contribution in [0, 0.1) is 0 Å². The minimum atomic E-state index is -4.19. The first-order chi connectivity index (χ1) is 9.60. The van der Waals surface area contributed by atoms with E-state index in [2.05, 4.69) is 4.18 Å². The molecule has 0 saturated carbocycles. The van der Waals surface area contributed by atoms with Gasteiger partial charge in [-0.2, -0.15) is 12.6 Å². The van der Waals surface area contributed by atoms with Crippen LogP contribution in [0.2, 0.25) is 0 Å². The van der Waals surface area contributed by atoms with E-state index >= 15 is 0 Å². The van der Waals surface area contributed by atoms with Crippen molar-refractivity contribution in [1.82, 2.24) is 0 Å². The topological polar surface area (TPSA) is 133 Å². The molecule has 12 heteroatoms. The van der Waals surface area contributed by atoms with Crippen molar-refractivity contribution in [2.75, 3.05) is 13.2 Å². The van der Waals surface area contributed by atoms with Crippen molar-refractivity contribution in [1.29, 1.82) is 0 Å². The summed E-state index contributed by atoms with van der Waals surface area (Å²) < 4.78 is 65.0. The maximum Gasteiger partial charge on any atom is 0.333 e. The van der Waals surface area contributed by atoms with Crippen LogP contribution in [0.15, 0.2) is 0 Å². The lowest BCUT2D eigenvalue weighted by molar-refractivity contribution is -0.290. The summed E-state index contributed by atoms with van der Waals surface area (Å²) in [6.07, 6.45) is -2.21. The van der Waals surface area contributed by atoms with E-state index in [0.717, 1.165) is 0 Å². The van der Waals surface area contributed by atoms with Crippen LogP contribution in [0.4, 0.5) is 0 Å². The maximum absolute atomic E-state index is 11.3. The molecule has 3 aliphatic heterocycles. The third-order valence-electron chi connectivity index (χ3n) is 3.24. The molecule has 0 aromatic rings. The molecule has 3 heterocycles. The number of ether oxygens (including phenoxy) is 3. The second kappa shape index (κ2) is 4.91. The average molecular weight is 345 g/mol. The minimum absolute atomic E-state index is 0.0136. The Bertz CT molecular complexity index is 564. The smallest absolute Gasteiger partial charge is 0.333 e. The van der Waals surface area contributed by atoms with Gasteiger partial charge >= 0.3 is 21.7 Å². The van der Waals surface area contributed by atoms with Crippen molar-refractivity contribution >= 4 is 21.7 Å². The van der Waals surface area contributed by atoms with Gasteiger partial charge in [-0.25, -0.2) is 5.14 Å². The van der Waals surface area contributed by atoms with Crippen LogP contribution in [-0.2, 0) is 48.4 Å². The summed E-state index contributed by atoms with van der Waals surface area (Å²) in [5.74, 6) is -2.61. The van der Waals surface area contributed by atoms with Gasteiger partial charge in [0.2, 0.25) is 5.79 Å². The van der Waals surface area contributed by atoms with E-state index in [9.17, 15) is 12.6 Å². The normalized spacial score (nSPS) is 45.3. The van der Waals surface area contributed by atoms with Crippen LogP contribution in [0.25, 0.3) is 0 Å². The Balaban J connectivity index is 1.87. The van der Waals surface area contributed by atoms with Crippen molar-refractivity contribution < 1.29 is 39.4 Å². The van der Waals surface area contributed by atoms with Crippen LogP contribution >= 0.6 is 0 Å². The lowest BCUT2D eigenvalue weighted by atomic mass is 9.98. The van der Waals surface area contributed by atoms with Crippen LogP contribution in [0.3, 0.4) is 0 Å². The Hall–Kier alpha value is -0.180. The van der Waals surface area contributed by atoms with Gasteiger partial charge in [0.25, 0.3) is 0 Å². The zero-order chi connectivity index (χ0) is 15.5. The monoisotopic (exact) mass is 345 g/mol. The summed E-state index contributed by atoms with van der Waals surface area (Å²) >= 11 is -1.92. The number of fused-ring (bicyclic) bond motifs is 3. The molecule has 0 spiro atoms. The van der Waals surface area contributed by atoms with Crippen LogP contribution < -0.4 is 5.14 Å². The van der Waals surface area contributed by atoms with Gasteiger partial charge in [0.1, 0.15) is 24.9 Å². The van der Waals surface area contributed by atoms with Gasteiger partial charge in [-0.15, -0.1) is 0 Å². The lowest BCUT2D eigenvalue weighted by Crippen LogP contribution is -2.60. The van der Waals surface area contributed by atoms with Gasteiger partial charge in [-0.3, -0.25) is 12.5 Å². The SMILES string of the molecule is CC1(C)O[C@H]2[C@@H]3O[S@@](=O)O[C@@H]3CO[C@@]2(COS(N)(=O)=O)O1. The van der Waals surface area contributed by atoms with Crippen molar-refractivity contribution in [3.8, 4) is 0 Å². The molecule has 10 nitrogen and oxygen atoms in total. The first kappa shape index (κ1) is 15.7. The largest absolute Gasteiger partial charge is 0.343 e. The summed E-state index contributed by atoms with van der Waals surface area (Å²) in [5.41, 5.74) is 0. The van der Waals surface area contributed by atoms with Gasteiger partial charge in [0.15, 0.2) is 5.79 Å². The van der Waals surface area contributed by atoms with Gasteiger partial charge in [0, 0.05) is 0 Å². The molecule has 0 aromatic carbocycles. The average Bonchev–Trinajstić information content (AvgIpc) is 2.82. The fourth-order valence-electron chi connectivity index (χ4n) is 2.56. The molecule has 2 N–H and O–H groups in total. The predicted octanol–water partition coefficient (Wildman–Crippen LogP) is -1.55. The first-order valence-electron chi connectivity index (χ1n) is 6.05. The number of hydrogen-bond donors (Lipinski definition) is 1. The van der Waals surface area contributed by atoms with Gasteiger partial charge in [-0.1, -0.05) is 0 Å². The van der Waals surface area contributed by atoms with E-state index in [0.29, 0.717) is 0 Å². The first-order valence-corrected chi connectivity index (χ1v) is 8.53. The van der Waals surface area contributed by atoms with Gasteiger partial charge in [0.05, 0.1) is 6.61 Å². The summed E-state index contributed by atoms with van der Waals surface area (Å²) in [5, 5.41) is 4.82. The molecule has 122 valence electrons. The molecule has 0 amide bonds. The van der Waals surface area contributed by atoms with Gasteiger partial charge < -0.3 is 14.2 Å². The molecule has 0 radical (unpaired) electrons. The molecule has 0 bridgehead atoms. The summed E-state index contributed by atoms with van der Waals surface area (Å²) in [4.78, 5) is 0. The van der Waals surface area contributed by atoms with Crippen molar-refractivity contribution in [2.24, 2.45) is 5.14 Å². The zero-order valence-corrected chi connectivity index (χ0v) is 12.8. The van der Waals surface area contributed by atoms with Crippen LogP contribution in [-0.4, -0.2) is 55.7 Å². The summed E-state index contributed by atoms with van der Waals surface area (Å²) in [6.45, 7) is 2.71. The van der Waals surface area contributed by atoms with E-state index in [1.165, 1.54) is 0 Å². The highest BCUT2D eigenvalue weighted by Gasteiger charge is 2.65. The molecule has 3 rings (SSSR count). The van der Waals surface area contributed by atoms with Gasteiger partial charge in [-0.05, 0) is 13.8 Å². The lowest BCUT2D eigenvalue weighted by Gasteiger charge is -2.39. The van der Waals surface area contributed by atoms with E-state index in [4.69, 9.17) is 27.7 Å². The van der Waals surface area contributed by atoms with E-state index in [1.807, 2.05) is 0 Å². The molecular weight excluding hydrogens is 330 g/mol. The van der Waals surface area contributed by atoms with Crippen LogP contribution in [0.5, 0.6) is 0 Å². The number of hydrogen-bond acceptors (Lipinski definition) is 9. The molecule has 3 saturated heterocycles. The Kier molecular flexibility index (Phi) is 3.67. The molecular formula is C9H15NO9S2. The van der Waals surface area contributed by atoms with E-state index < -0.39 is 58.2 Å². The number of rotatable bonds is 3. The highest BCUT2D eigenvalue weighted by atomic mass is 32.2. The second-order valence-electron chi connectivity index (χ2n) is 5.32. The minimum Gasteiger partial charge on any atom is -0.343 e. The fourth-order valence-corrected chi connectivity index (χ4v) is 3.71. The molecule has 0 aliphatic carbocycles. The third-order valence-corrected chi connectivity index (χ3v) is 4.47. The highest BCUT2D eigenvalue weighted by molar-refractivity contribution is 7.84. The fraction of sp³-hybridized carbons (Fsp3) is 1.00. The zero-order valence-electron chi connectivity index (χ0n) is 11.2. The molecule has 3 aliphatic rings. The summed E-state index contributed by atoms with van der Waals surface area (Å²) in [7, 11) is -4.19. The second-order valence-corrected chi connectivity index (χ2v) is 7.33. The van der Waals surface area contributed by atoms with E-state index in [1.54, 1.807) is 13.8 Å². The molecule has 0 unspecified atom stereocenters. The molecule has 5 atom stereocenters. The third kappa shape index (κ3) is 3.00. The predicted molar refractivity (Wildman–Crippen MR) is 65.7 cm³/mol. The molecule has 3 fully saturated rings. The quantitative estimate of drug-likeness (QED) is 0.645. The van der Waals surface area contributed by atoms with Crippen molar-refractivity contribution in [3.63, 3.8) is 0 Å². The Labute approximate surface area is 123 Å².